The molecule has 0 bridgehead atoms. The lowest BCUT2D eigenvalue weighted by Crippen LogP contribution is -2.53. The van der Waals surface area contributed by atoms with Gasteiger partial charge in [0.15, 0.2) is 0 Å². The molecule has 2 unspecified atom stereocenters. The van der Waals surface area contributed by atoms with E-state index in [1.165, 1.54) is 4.90 Å². The fourth-order valence-electron chi connectivity index (χ4n) is 5.50. The number of benzene rings is 2. The van der Waals surface area contributed by atoms with Crippen molar-refractivity contribution in [3.8, 4) is 5.75 Å². The number of fused-ring (bicyclic) bond motifs is 4. The Bertz CT molecular complexity index is 1310. The Morgan fingerprint density at radius 2 is 2.00 bits per heavy atom. The van der Waals surface area contributed by atoms with E-state index in [0.717, 1.165) is 32.2 Å². The van der Waals surface area contributed by atoms with E-state index in [9.17, 15) is 14.7 Å². The molecule has 3 N–H and O–H groups in total. The lowest BCUT2D eigenvalue weighted by molar-refractivity contribution is -0.133. The lowest BCUT2D eigenvalue weighted by atomic mass is 9.81. The van der Waals surface area contributed by atoms with E-state index in [4.69, 9.17) is 5.11 Å². The second-order valence-corrected chi connectivity index (χ2v) is 10.6. The van der Waals surface area contributed by atoms with Gasteiger partial charge in [-0.3, -0.25) is 14.6 Å². The van der Waals surface area contributed by atoms with Crippen molar-refractivity contribution in [3.63, 3.8) is 0 Å². The van der Waals surface area contributed by atoms with Crippen LogP contribution in [0.5, 0.6) is 5.75 Å². The number of aromatic amines is 1. The van der Waals surface area contributed by atoms with Crippen LogP contribution in [0.25, 0.3) is 10.9 Å². The highest BCUT2D eigenvalue weighted by Gasteiger charge is 2.60. The fraction of sp³-hybridized carbons (Fsp3) is 0.385. The summed E-state index contributed by atoms with van der Waals surface area (Å²) >= 11 is 3.56. The fourth-order valence-corrected chi connectivity index (χ4v) is 5.87. The number of rotatable bonds is 7. The van der Waals surface area contributed by atoms with Gasteiger partial charge in [-0.2, -0.15) is 0 Å². The number of carbonyl (C=O) groups excluding carboxylic acids is 2. The van der Waals surface area contributed by atoms with Crippen LogP contribution in [0.3, 0.4) is 0 Å². The van der Waals surface area contributed by atoms with Crippen LogP contribution in [0.1, 0.15) is 36.2 Å². The summed E-state index contributed by atoms with van der Waals surface area (Å²) in [4.78, 5) is 36.1. The average molecular weight is 541 g/mol. The molecule has 3 aromatic rings. The number of nitrogens with one attached hydrogen (secondary N) is 1. The number of aliphatic hydroxyl groups excluding tert-OH is 1. The Labute approximate surface area is 212 Å². The van der Waals surface area contributed by atoms with Gasteiger partial charge in [-0.05, 0) is 68.4 Å². The van der Waals surface area contributed by atoms with E-state index in [1.54, 1.807) is 23.1 Å². The van der Waals surface area contributed by atoms with Crippen LogP contribution in [0.4, 0.5) is 4.79 Å². The average Bonchev–Trinajstić information content (AvgIpc) is 3.25. The van der Waals surface area contributed by atoms with E-state index in [2.05, 4.69) is 20.9 Å². The summed E-state index contributed by atoms with van der Waals surface area (Å²) in [5.41, 5.74) is 2.52. The highest BCUT2D eigenvalue weighted by atomic mass is 79.9. The van der Waals surface area contributed by atoms with Crippen molar-refractivity contribution in [1.29, 1.82) is 0 Å². The predicted octanol–water partition coefficient (Wildman–Crippen LogP) is 3.62. The van der Waals surface area contributed by atoms with E-state index in [-0.39, 0.29) is 24.3 Å². The van der Waals surface area contributed by atoms with Crippen molar-refractivity contribution in [2.45, 2.75) is 31.3 Å². The maximum atomic E-state index is 13.8. The highest BCUT2D eigenvalue weighted by molar-refractivity contribution is 9.10. The minimum Gasteiger partial charge on any atom is -0.508 e. The number of aromatic nitrogens is 1. The topological polar surface area (TPSA) is 100 Å². The number of hydrogen-bond donors (Lipinski definition) is 3. The smallest absolute Gasteiger partial charge is 0.328 e. The molecule has 2 aliphatic heterocycles. The normalized spacial score (nSPS) is 21.8. The van der Waals surface area contributed by atoms with Gasteiger partial charge in [0.1, 0.15) is 17.3 Å². The molecule has 1 fully saturated rings. The first kappa shape index (κ1) is 23.8. The van der Waals surface area contributed by atoms with Crippen LogP contribution < -0.4 is 0 Å². The number of hydrogen-bond acceptors (Lipinski definition) is 5. The summed E-state index contributed by atoms with van der Waals surface area (Å²) in [7, 11) is 1.90. The van der Waals surface area contributed by atoms with Gasteiger partial charge in [0.05, 0.1) is 6.61 Å². The van der Waals surface area contributed by atoms with Gasteiger partial charge in [0.25, 0.3) is 5.91 Å². The van der Waals surface area contributed by atoms with Crippen LogP contribution in [-0.2, 0) is 11.2 Å². The maximum absolute atomic E-state index is 13.8. The molecule has 0 saturated carbocycles. The molecule has 1 saturated heterocycles. The van der Waals surface area contributed by atoms with Crippen molar-refractivity contribution in [2.24, 2.45) is 0 Å². The Morgan fingerprint density at radius 1 is 1.20 bits per heavy atom. The number of nitrogens with zero attached hydrogens (tertiary/aromatic N) is 3. The minimum absolute atomic E-state index is 0.0668. The first-order valence-electron chi connectivity index (χ1n) is 11.8. The standard InChI is InChI=1S/C26H29BrN4O4/c1-26-15-20-19-14-17(27)7-8-21(19)28-22(20)23(16-5-3-6-18(33)13-16)31(26)25(35)30(24(26)34)10-4-9-29(2)11-12-32/h3,5-8,13-14,23,28,32-33H,4,9-12,15H2,1-2H3. The highest BCUT2D eigenvalue weighted by Crippen LogP contribution is 2.49. The van der Waals surface area contributed by atoms with Gasteiger partial charge in [-0.25, -0.2) is 4.79 Å². The quantitative estimate of drug-likeness (QED) is 0.397. The predicted molar refractivity (Wildman–Crippen MR) is 136 cm³/mol. The number of H-pyrrole nitrogens is 1. The van der Waals surface area contributed by atoms with Crippen molar-refractivity contribution in [3.05, 3.63) is 63.8 Å². The first-order chi connectivity index (χ1) is 16.7. The largest absolute Gasteiger partial charge is 0.508 e. The van der Waals surface area contributed by atoms with E-state index < -0.39 is 11.6 Å². The third-order valence-corrected chi connectivity index (χ3v) is 7.71. The third kappa shape index (κ3) is 3.91. The van der Waals surface area contributed by atoms with Gasteiger partial charge >= 0.3 is 6.03 Å². The van der Waals surface area contributed by atoms with Crippen LogP contribution in [0, 0.1) is 0 Å². The van der Waals surface area contributed by atoms with Gasteiger partial charge in [0.2, 0.25) is 0 Å². The number of halogens is 1. The minimum atomic E-state index is -1.05. The Balaban J connectivity index is 1.58. The number of carbonyl (C=O) groups is 2. The molecule has 2 aromatic carbocycles. The van der Waals surface area contributed by atoms with Crippen LogP contribution in [0.2, 0.25) is 0 Å². The molecule has 8 nitrogen and oxygen atoms in total. The van der Waals surface area contributed by atoms with Crippen molar-refractivity contribution in [1.82, 2.24) is 19.7 Å². The van der Waals surface area contributed by atoms with Crippen LogP contribution in [0.15, 0.2) is 46.9 Å². The second-order valence-electron chi connectivity index (χ2n) is 9.65. The summed E-state index contributed by atoms with van der Waals surface area (Å²) in [6.07, 6.45) is 1.02. The molecule has 1 aromatic heterocycles. The van der Waals surface area contributed by atoms with Crippen LogP contribution in [-0.4, -0.2) is 80.7 Å². The number of aliphatic hydroxyl groups is 1. The van der Waals surface area contributed by atoms with Crippen LogP contribution >= 0.6 is 15.9 Å². The Morgan fingerprint density at radius 3 is 2.74 bits per heavy atom. The molecule has 2 atom stereocenters. The SMILES string of the molecule is CN(CCO)CCCN1C(=O)N2C(c3cccc(O)c3)c3[nH]c4ccc(Br)cc4c3CC2(C)C1=O. The zero-order valence-corrected chi connectivity index (χ0v) is 21.4. The van der Waals surface area contributed by atoms with E-state index in [1.807, 2.05) is 43.1 Å². The number of aromatic hydroxyl groups is 1. The number of phenols is 1. The van der Waals surface area contributed by atoms with Crippen molar-refractivity contribution in [2.75, 3.05) is 33.3 Å². The van der Waals surface area contributed by atoms with E-state index in [0.29, 0.717) is 32.5 Å². The Hall–Kier alpha value is -2.88. The second kappa shape index (κ2) is 8.96. The van der Waals surface area contributed by atoms with Gasteiger partial charge in [-0.1, -0.05) is 28.1 Å². The maximum Gasteiger partial charge on any atom is 0.328 e. The molecule has 184 valence electrons. The molecule has 9 heteroatoms. The molecule has 3 heterocycles. The Kier molecular flexibility index (Phi) is 6.11. The number of likely N-dealkylation sites (N-methyl/N-ethyl adjacent to an activating group) is 1. The molecule has 3 amide bonds. The summed E-state index contributed by atoms with van der Waals surface area (Å²) in [5, 5.41) is 20.4. The number of urea groups is 1. The molecule has 0 aliphatic carbocycles. The van der Waals surface area contributed by atoms with E-state index >= 15 is 0 Å². The number of amides is 3. The molecule has 5 rings (SSSR count). The summed E-state index contributed by atoms with van der Waals surface area (Å²) in [5.74, 6) is -0.0932. The summed E-state index contributed by atoms with van der Waals surface area (Å²) < 4.78 is 0.940. The monoisotopic (exact) mass is 540 g/mol. The lowest BCUT2D eigenvalue weighted by Gasteiger charge is -2.42. The van der Waals surface area contributed by atoms with Gasteiger partial charge in [0, 0.05) is 40.6 Å². The number of phenolic OH excluding ortho intramolecular Hbond substituents is 1. The zero-order valence-electron chi connectivity index (χ0n) is 19.8. The van der Waals surface area contributed by atoms with Crippen molar-refractivity contribution < 1.29 is 19.8 Å². The molecular formula is C26H29BrN4O4. The van der Waals surface area contributed by atoms with Gasteiger partial charge in [-0.15, -0.1) is 0 Å². The molecular weight excluding hydrogens is 512 g/mol. The summed E-state index contributed by atoms with van der Waals surface area (Å²) in [6.45, 7) is 3.44. The molecule has 0 radical (unpaired) electrons. The third-order valence-electron chi connectivity index (χ3n) is 7.22. The molecule has 35 heavy (non-hydrogen) atoms. The molecule has 0 spiro atoms. The van der Waals surface area contributed by atoms with Gasteiger partial charge < -0.3 is 20.1 Å². The molecule has 2 aliphatic rings. The zero-order chi connectivity index (χ0) is 24.9. The first-order valence-corrected chi connectivity index (χ1v) is 12.6. The number of imide groups is 1. The summed E-state index contributed by atoms with van der Waals surface area (Å²) in [6, 6.07) is 12.0. The van der Waals surface area contributed by atoms with Crippen molar-refractivity contribution >= 4 is 38.8 Å².